The molecule has 0 spiro atoms. The van der Waals surface area contributed by atoms with E-state index in [2.05, 4.69) is 16.3 Å². The molecule has 3 atom stereocenters. The minimum atomic E-state index is -0.144. The van der Waals surface area contributed by atoms with Gasteiger partial charge in [0.15, 0.2) is 0 Å². The molecule has 1 aromatic rings. The smallest absolute Gasteiger partial charge is 0.321 e. The van der Waals surface area contributed by atoms with Crippen molar-refractivity contribution in [3.8, 4) is 11.8 Å². The standard InChI is InChI=1S/C20H24N4O3/c1-27-18-6-5-16(8-14(18)9-21)22-20(26)23-10-13-7-15(12-23)17-3-2-4-19(25)24(17)11-13/h5-6,8,13,15,17H,2-4,7,10-12H2,1H3,(H,22,26)/t13?,15?,17-/m0/s1. The summed E-state index contributed by atoms with van der Waals surface area (Å²) in [6.45, 7) is 2.11. The summed E-state index contributed by atoms with van der Waals surface area (Å²) < 4.78 is 5.14. The zero-order valence-corrected chi connectivity index (χ0v) is 15.5. The van der Waals surface area contributed by atoms with Gasteiger partial charge in [-0.1, -0.05) is 0 Å². The normalized spacial score (nSPS) is 26.8. The molecular weight excluding hydrogens is 344 g/mol. The number of urea groups is 1. The van der Waals surface area contributed by atoms with Crippen LogP contribution in [0.15, 0.2) is 18.2 Å². The van der Waals surface area contributed by atoms with Crippen LogP contribution in [0, 0.1) is 23.2 Å². The van der Waals surface area contributed by atoms with Crippen molar-refractivity contribution < 1.29 is 14.3 Å². The number of piperidine rings is 3. The second kappa shape index (κ2) is 7.10. The molecule has 1 aromatic carbocycles. The second-order valence-corrected chi connectivity index (χ2v) is 7.73. The van der Waals surface area contributed by atoms with Crippen LogP contribution in [0.3, 0.4) is 0 Å². The van der Waals surface area contributed by atoms with Crippen LogP contribution in [-0.2, 0) is 4.79 Å². The average molecular weight is 368 g/mol. The molecule has 0 aliphatic carbocycles. The second-order valence-electron chi connectivity index (χ2n) is 7.73. The van der Waals surface area contributed by atoms with Gasteiger partial charge in [-0.3, -0.25) is 4.79 Å². The highest BCUT2D eigenvalue weighted by Gasteiger charge is 2.44. The lowest BCUT2D eigenvalue weighted by Gasteiger charge is -2.52. The number of ether oxygens (including phenoxy) is 1. The number of hydrogen-bond donors (Lipinski definition) is 1. The van der Waals surface area contributed by atoms with E-state index in [0.29, 0.717) is 48.3 Å². The molecule has 4 rings (SSSR count). The lowest BCUT2D eigenvalue weighted by Crippen LogP contribution is -2.61. The fourth-order valence-corrected chi connectivity index (χ4v) is 4.85. The van der Waals surface area contributed by atoms with Crippen LogP contribution in [0.5, 0.6) is 5.75 Å². The van der Waals surface area contributed by atoms with Crippen molar-refractivity contribution in [1.82, 2.24) is 9.80 Å². The molecule has 3 fully saturated rings. The Morgan fingerprint density at radius 3 is 2.96 bits per heavy atom. The molecular formula is C20H24N4O3. The first-order valence-electron chi connectivity index (χ1n) is 9.52. The van der Waals surface area contributed by atoms with Gasteiger partial charge in [-0.15, -0.1) is 0 Å². The minimum absolute atomic E-state index is 0.144. The number of anilines is 1. The summed E-state index contributed by atoms with van der Waals surface area (Å²) in [4.78, 5) is 29.0. The Morgan fingerprint density at radius 1 is 1.33 bits per heavy atom. The molecule has 0 aromatic heterocycles. The lowest BCUT2D eigenvalue weighted by molar-refractivity contribution is -0.144. The highest BCUT2D eigenvalue weighted by molar-refractivity contribution is 5.90. The van der Waals surface area contributed by atoms with E-state index in [0.717, 1.165) is 25.8 Å². The van der Waals surface area contributed by atoms with Crippen LogP contribution in [-0.4, -0.2) is 54.5 Å². The molecule has 0 radical (unpaired) electrons. The summed E-state index contributed by atoms with van der Waals surface area (Å²) in [7, 11) is 1.51. The van der Waals surface area contributed by atoms with E-state index >= 15 is 0 Å². The summed E-state index contributed by atoms with van der Waals surface area (Å²) in [6, 6.07) is 7.27. The third-order valence-electron chi connectivity index (χ3n) is 6.04. The number of fused-ring (bicyclic) bond motifs is 4. The highest BCUT2D eigenvalue weighted by Crippen LogP contribution is 2.38. The Bertz CT molecular complexity index is 803. The number of likely N-dealkylation sites (tertiary alicyclic amines) is 1. The topological polar surface area (TPSA) is 85.7 Å². The molecule has 3 saturated heterocycles. The largest absolute Gasteiger partial charge is 0.495 e. The Balaban J connectivity index is 1.45. The number of benzene rings is 1. The zero-order valence-electron chi connectivity index (χ0n) is 15.5. The van der Waals surface area contributed by atoms with Crippen LogP contribution in [0.4, 0.5) is 10.5 Å². The van der Waals surface area contributed by atoms with Crippen molar-refractivity contribution in [3.63, 3.8) is 0 Å². The van der Waals surface area contributed by atoms with E-state index in [1.54, 1.807) is 18.2 Å². The summed E-state index contributed by atoms with van der Waals surface area (Å²) in [6.07, 6.45) is 3.76. The number of hydrogen-bond acceptors (Lipinski definition) is 4. The van der Waals surface area contributed by atoms with Gasteiger partial charge in [-0.05, 0) is 49.3 Å². The third kappa shape index (κ3) is 3.32. The molecule has 3 aliphatic heterocycles. The Morgan fingerprint density at radius 2 is 2.19 bits per heavy atom. The number of methoxy groups -OCH3 is 1. The Labute approximate surface area is 158 Å². The fraction of sp³-hybridized carbons (Fsp3) is 0.550. The van der Waals surface area contributed by atoms with Crippen molar-refractivity contribution in [2.24, 2.45) is 11.8 Å². The summed E-state index contributed by atoms with van der Waals surface area (Å²) in [5, 5.41) is 12.1. The summed E-state index contributed by atoms with van der Waals surface area (Å²) >= 11 is 0. The van der Waals surface area contributed by atoms with E-state index in [9.17, 15) is 14.9 Å². The first-order chi connectivity index (χ1) is 13.1. The monoisotopic (exact) mass is 368 g/mol. The minimum Gasteiger partial charge on any atom is -0.495 e. The van der Waals surface area contributed by atoms with E-state index in [1.807, 2.05) is 4.90 Å². The van der Waals surface area contributed by atoms with Crippen molar-refractivity contribution in [2.45, 2.75) is 31.7 Å². The molecule has 3 heterocycles. The SMILES string of the molecule is COc1ccc(NC(=O)N2CC3CC(C2)[C@@H]2CCCC(=O)N2C3)cc1C#N. The average Bonchev–Trinajstić information content (AvgIpc) is 2.68. The van der Waals surface area contributed by atoms with Gasteiger partial charge in [0.25, 0.3) is 0 Å². The first kappa shape index (κ1) is 17.7. The number of nitrogens with one attached hydrogen (secondary N) is 1. The summed E-state index contributed by atoms with van der Waals surface area (Å²) in [5.41, 5.74) is 0.977. The van der Waals surface area contributed by atoms with Gasteiger partial charge in [0.1, 0.15) is 11.8 Å². The van der Waals surface area contributed by atoms with E-state index in [1.165, 1.54) is 7.11 Å². The van der Waals surface area contributed by atoms with E-state index in [4.69, 9.17) is 4.74 Å². The van der Waals surface area contributed by atoms with Gasteiger partial charge < -0.3 is 19.9 Å². The number of rotatable bonds is 2. The number of amides is 3. The van der Waals surface area contributed by atoms with Crippen LogP contribution in [0.1, 0.15) is 31.2 Å². The van der Waals surface area contributed by atoms with Gasteiger partial charge in [0.2, 0.25) is 5.91 Å². The van der Waals surface area contributed by atoms with Crippen molar-refractivity contribution >= 4 is 17.6 Å². The quantitative estimate of drug-likeness (QED) is 0.869. The molecule has 0 saturated carbocycles. The first-order valence-corrected chi connectivity index (χ1v) is 9.52. The number of nitriles is 1. The zero-order chi connectivity index (χ0) is 19.0. The van der Waals surface area contributed by atoms with E-state index in [-0.39, 0.29) is 18.0 Å². The molecule has 3 aliphatic rings. The maximum absolute atomic E-state index is 12.8. The highest BCUT2D eigenvalue weighted by atomic mass is 16.5. The van der Waals surface area contributed by atoms with Gasteiger partial charge in [-0.25, -0.2) is 4.79 Å². The predicted octanol–water partition coefficient (Wildman–Crippen LogP) is 2.43. The molecule has 2 bridgehead atoms. The van der Waals surface area contributed by atoms with E-state index < -0.39 is 0 Å². The van der Waals surface area contributed by atoms with Crippen molar-refractivity contribution in [2.75, 3.05) is 32.1 Å². The Hall–Kier alpha value is -2.75. The maximum atomic E-state index is 12.8. The van der Waals surface area contributed by atoms with Crippen LogP contribution >= 0.6 is 0 Å². The molecule has 1 N–H and O–H groups in total. The number of nitrogens with zero attached hydrogens (tertiary/aromatic N) is 3. The lowest BCUT2D eigenvalue weighted by atomic mass is 9.76. The molecule has 7 heteroatoms. The third-order valence-corrected chi connectivity index (χ3v) is 6.04. The molecule has 7 nitrogen and oxygen atoms in total. The van der Waals surface area contributed by atoms with Crippen LogP contribution < -0.4 is 10.1 Å². The predicted molar refractivity (Wildman–Crippen MR) is 99.2 cm³/mol. The molecule has 27 heavy (non-hydrogen) atoms. The number of carbonyl (C=O) groups excluding carboxylic acids is 2. The van der Waals surface area contributed by atoms with Crippen molar-refractivity contribution in [1.29, 1.82) is 5.26 Å². The van der Waals surface area contributed by atoms with Gasteiger partial charge in [0, 0.05) is 37.8 Å². The van der Waals surface area contributed by atoms with Crippen LogP contribution in [0.2, 0.25) is 0 Å². The van der Waals surface area contributed by atoms with Gasteiger partial charge in [0.05, 0.1) is 12.7 Å². The van der Waals surface area contributed by atoms with Gasteiger partial charge >= 0.3 is 6.03 Å². The molecule has 3 amide bonds. The van der Waals surface area contributed by atoms with Crippen molar-refractivity contribution in [3.05, 3.63) is 23.8 Å². The Kier molecular flexibility index (Phi) is 4.65. The summed E-state index contributed by atoms with van der Waals surface area (Å²) in [5.74, 6) is 1.47. The molecule has 142 valence electrons. The maximum Gasteiger partial charge on any atom is 0.321 e. The molecule has 2 unspecified atom stereocenters. The number of carbonyl (C=O) groups is 2. The van der Waals surface area contributed by atoms with Crippen LogP contribution in [0.25, 0.3) is 0 Å². The van der Waals surface area contributed by atoms with Gasteiger partial charge in [-0.2, -0.15) is 5.26 Å². The fourth-order valence-electron chi connectivity index (χ4n) is 4.85.